The standard InChI is InChI=1S/C15H21N3O/c1-8-5-11(17-12(16-8)7-19-2)18-15-13-9-3-4-10(6-9)14(13)15/h5,9-10,13-15H,3-4,6-7H2,1-2H3,(H,16,17,18). The zero-order valence-electron chi connectivity index (χ0n) is 11.6. The number of methoxy groups -OCH3 is 1. The lowest BCUT2D eigenvalue weighted by Crippen LogP contribution is -2.15. The van der Waals surface area contributed by atoms with E-state index in [9.17, 15) is 0 Å². The molecule has 3 aliphatic carbocycles. The molecule has 4 atom stereocenters. The van der Waals surface area contributed by atoms with Gasteiger partial charge in [0.1, 0.15) is 12.4 Å². The third-order valence-electron chi connectivity index (χ3n) is 5.22. The summed E-state index contributed by atoms with van der Waals surface area (Å²) in [5.41, 5.74) is 1.01. The maximum Gasteiger partial charge on any atom is 0.156 e. The van der Waals surface area contributed by atoms with E-state index < -0.39 is 0 Å². The fraction of sp³-hybridized carbons (Fsp3) is 0.733. The van der Waals surface area contributed by atoms with Crippen molar-refractivity contribution in [1.82, 2.24) is 9.97 Å². The van der Waals surface area contributed by atoms with E-state index in [4.69, 9.17) is 4.74 Å². The Bertz CT molecular complexity index is 488. The molecule has 102 valence electrons. The highest BCUT2D eigenvalue weighted by Gasteiger charge is 2.65. The van der Waals surface area contributed by atoms with Gasteiger partial charge in [0.2, 0.25) is 0 Å². The smallest absolute Gasteiger partial charge is 0.156 e. The molecule has 0 amide bonds. The van der Waals surface area contributed by atoms with Crippen LogP contribution in [0.1, 0.15) is 30.8 Å². The Hall–Kier alpha value is -1.16. The monoisotopic (exact) mass is 259 g/mol. The molecule has 4 nitrogen and oxygen atoms in total. The fourth-order valence-electron chi connectivity index (χ4n) is 4.59. The molecule has 0 aliphatic heterocycles. The van der Waals surface area contributed by atoms with E-state index >= 15 is 0 Å². The lowest BCUT2D eigenvalue weighted by atomic mass is 10.0. The average molecular weight is 259 g/mol. The zero-order chi connectivity index (χ0) is 13.0. The van der Waals surface area contributed by atoms with Gasteiger partial charge in [-0.2, -0.15) is 0 Å². The lowest BCUT2D eigenvalue weighted by molar-refractivity contribution is 0.177. The van der Waals surface area contributed by atoms with Crippen LogP contribution >= 0.6 is 0 Å². The molecule has 1 N–H and O–H groups in total. The SMILES string of the molecule is COCc1nc(C)cc(NC2C3C4CCC(C4)C23)n1. The minimum atomic E-state index is 0.485. The van der Waals surface area contributed by atoms with Crippen LogP contribution in [0.5, 0.6) is 0 Å². The number of nitrogens with one attached hydrogen (secondary N) is 1. The Morgan fingerprint density at radius 3 is 2.68 bits per heavy atom. The number of rotatable bonds is 4. The summed E-state index contributed by atoms with van der Waals surface area (Å²) in [5.74, 6) is 5.61. The second-order valence-electron chi connectivity index (χ2n) is 6.40. The molecule has 0 aromatic carbocycles. The van der Waals surface area contributed by atoms with Crippen LogP contribution in [0, 0.1) is 30.6 Å². The largest absolute Gasteiger partial charge is 0.377 e. The van der Waals surface area contributed by atoms with Gasteiger partial charge in [0, 0.05) is 24.9 Å². The Morgan fingerprint density at radius 2 is 2.00 bits per heavy atom. The quantitative estimate of drug-likeness (QED) is 0.902. The van der Waals surface area contributed by atoms with Crippen LogP contribution in [0.25, 0.3) is 0 Å². The maximum atomic E-state index is 5.12. The van der Waals surface area contributed by atoms with Crippen LogP contribution in [-0.4, -0.2) is 23.1 Å². The molecular weight excluding hydrogens is 238 g/mol. The van der Waals surface area contributed by atoms with Crippen molar-refractivity contribution in [3.8, 4) is 0 Å². The molecule has 0 radical (unpaired) electrons. The van der Waals surface area contributed by atoms with Crippen LogP contribution in [-0.2, 0) is 11.3 Å². The predicted octanol–water partition coefficient (Wildman–Crippen LogP) is 2.39. The van der Waals surface area contributed by atoms with Crippen LogP contribution in [0.15, 0.2) is 6.07 Å². The van der Waals surface area contributed by atoms with E-state index in [2.05, 4.69) is 21.4 Å². The number of anilines is 1. The summed E-state index contributed by atoms with van der Waals surface area (Å²) >= 11 is 0. The van der Waals surface area contributed by atoms with E-state index in [1.165, 1.54) is 19.3 Å². The molecule has 2 bridgehead atoms. The van der Waals surface area contributed by atoms with Gasteiger partial charge in [-0.05, 0) is 49.9 Å². The highest BCUT2D eigenvalue weighted by Crippen LogP contribution is 2.66. The van der Waals surface area contributed by atoms with Gasteiger partial charge in [-0.25, -0.2) is 9.97 Å². The van der Waals surface area contributed by atoms with E-state index in [-0.39, 0.29) is 0 Å². The molecule has 3 aliphatic rings. The van der Waals surface area contributed by atoms with Gasteiger partial charge in [-0.15, -0.1) is 0 Å². The van der Waals surface area contributed by atoms with Crippen LogP contribution < -0.4 is 5.32 Å². The van der Waals surface area contributed by atoms with Gasteiger partial charge in [-0.3, -0.25) is 0 Å². The van der Waals surface area contributed by atoms with E-state index in [0.717, 1.165) is 41.0 Å². The van der Waals surface area contributed by atoms with Crippen molar-refractivity contribution < 1.29 is 4.74 Å². The third kappa shape index (κ3) is 1.84. The Balaban J connectivity index is 1.49. The molecular formula is C15H21N3O. The highest BCUT2D eigenvalue weighted by molar-refractivity contribution is 5.41. The van der Waals surface area contributed by atoms with Gasteiger partial charge < -0.3 is 10.1 Å². The molecule has 4 heteroatoms. The number of ether oxygens (including phenoxy) is 1. The summed E-state index contributed by atoms with van der Waals surface area (Å²) in [6.45, 7) is 2.50. The number of hydrogen-bond donors (Lipinski definition) is 1. The maximum absolute atomic E-state index is 5.12. The topological polar surface area (TPSA) is 47.0 Å². The van der Waals surface area contributed by atoms with Crippen LogP contribution in [0.4, 0.5) is 5.82 Å². The van der Waals surface area contributed by atoms with Gasteiger partial charge in [0.15, 0.2) is 5.82 Å². The van der Waals surface area contributed by atoms with Crippen molar-refractivity contribution in [2.75, 3.05) is 12.4 Å². The highest BCUT2D eigenvalue weighted by atomic mass is 16.5. The second-order valence-corrected chi connectivity index (χ2v) is 6.40. The van der Waals surface area contributed by atoms with Crippen molar-refractivity contribution >= 4 is 5.82 Å². The molecule has 1 aromatic heterocycles. The predicted molar refractivity (Wildman–Crippen MR) is 72.7 cm³/mol. The normalized spacial score (nSPS) is 38.3. The minimum Gasteiger partial charge on any atom is -0.377 e. The summed E-state index contributed by atoms with van der Waals surface area (Å²) in [6.07, 6.45) is 4.41. The first-order chi connectivity index (χ1) is 9.26. The summed E-state index contributed by atoms with van der Waals surface area (Å²) in [4.78, 5) is 8.94. The summed E-state index contributed by atoms with van der Waals surface area (Å²) in [7, 11) is 1.68. The zero-order valence-corrected chi connectivity index (χ0v) is 11.6. The van der Waals surface area contributed by atoms with Gasteiger partial charge in [-0.1, -0.05) is 0 Å². The molecule has 0 saturated heterocycles. The van der Waals surface area contributed by atoms with Crippen molar-refractivity contribution in [3.05, 3.63) is 17.6 Å². The number of hydrogen-bond acceptors (Lipinski definition) is 4. The molecule has 4 unspecified atom stereocenters. The van der Waals surface area contributed by atoms with Crippen molar-refractivity contribution in [3.63, 3.8) is 0 Å². The summed E-state index contributed by atoms with van der Waals surface area (Å²) < 4.78 is 5.12. The van der Waals surface area contributed by atoms with E-state index in [0.29, 0.717) is 12.6 Å². The minimum absolute atomic E-state index is 0.485. The van der Waals surface area contributed by atoms with Gasteiger partial charge in [0.25, 0.3) is 0 Å². The summed E-state index contributed by atoms with van der Waals surface area (Å²) in [5, 5.41) is 3.65. The van der Waals surface area contributed by atoms with E-state index in [1.807, 2.05) is 6.92 Å². The van der Waals surface area contributed by atoms with Crippen molar-refractivity contribution in [2.24, 2.45) is 23.7 Å². The molecule has 1 aromatic rings. The van der Waals surface area contributed by atoms with E-state index in [1.54, 1.807) is 7.11 Å². The van der Waals surface area contributed by atoms with Gasteiger partial charge >= 0.3 is 0 Å². The first kappa shape index (κ1) is 11.6. The van der Waals surface area contributed by atoms with Crippen LogP contribution in [0.2, 0.25) is 0 Å². The molecule has 3 saturated carbocycles. The molecule has 19 heavy (non-hydrogen) atoms. The van der Waals surface area contributed by atoms with Crippen molar-refractivity contribution in [1.29, 1.82) is 0 Å². The average Bonchev–Trinajstić information content (AvgIpc) is 2.78. The number of fused-ring (bicyclic) bond motifs is 5. The first-order valence-corrected chi connectivity index (χ1v) is 7.36. The first-order valence-electron chi connectivity index (χ1n) is 7.36. The molecule has 4 rings (SSSR count). The molecule has 3 fully saturated rings. The molecule has 0 spiro atoms. The number of nitrogens with zero attached hydrogens (tertiary/aromatic N) is 2. The summed E-state index contributed by atoms with van der Waals surface area (Å²) in [6, 6.07) is 2.73. The van der Waals surface area contributed by atoms with Gasteiger partial charge in [0.05, 0.1) is 0 Å². The van der Waals surface area contributed by atoms with Crippen LogP contribution in [0.3, 0.4) is 0 Å². The Morgan fingerprint density at radius 1 is 1.26 bits per heavy atom. The fourth-order valence-corrected chi connectivity index (χ4v) is 4.59. The molecule has 1 heterocycles. The number of aromatic nitrogens is 2. The third-order valence-corrected chi connectivity index (χ3v) is 5.22. The Kier molecular flexibility index (Phi) is 2.56. The lowest BCUT2D eigenvalue weighted by Gasteiger charge is -2.12. The van der Waals surface area contributed by atoms with Crippen molar-refractivity contribution in [2.45, 2.75) is 38.8 Å². The second kappa shape index (κ2) is 4.17. The Labute approximate surface area is 114 Å². The number of aryl methyl sites for hydroxylation is 1.